The number of carbonyl (C=O) groups is 2. The van der Waals surface area contributed by atoms with Crippen molar-refractivity contribution in [2.45, 2.75) is 33.2 Å². The van der Waals surface area contributed by atoms with Crippen LogP contribution in [-0.4, -0.2) is 23.0 Å². The molecular weight excluding hydrogens is 313 g/mol. The molecule has 2 atom stereocenters. The molecule has 2 amide bonds. The van der Waals surface area contributed by atoms with E-state index >= 15 is 0 Å². The van der Waals surface area contributed by atoms with Crippen molar-refractivity contribution in [3.8, 4) is 0 Å². The highest BCUT2D eigenvalue weighted by Crippen LogP contribution is 2.13. The van der Waals surface area contributed by atoms with Gasteiger partial charge in [0.25, 0.3) is 0 Å². The summed E-state index contributed by atoms with van der Waals surface area (Å²) >= 11 is 0. The molecule has 0 bridgehead atoms. The molecule has 0 radical (unpaired) electrons. The maximum Gasteiger partial charge on any atom is 0.247 e. The highest BCUT2D eigenvalue weighted by atomic mass is 19.1. The van der Waals surface area contributed by atoms with E-state index in [-0.39, 0.29) is 24.0 Å². The van der Waals surface area contributed by atoms with E-state index in [2.05, 4.69) is 15.8 Å². The van der Waals surface area contributed by atoms with Crippen LogP contribution in [0.1, 0.15) is 25.2 Å². The number of carbonyl (C=O) groups excluding carboxylic acids is 2. The fraction of sp³-hybridized carbons (Fsp3) is 0.353. The number of hydrogen-bond donors (Lipinski definition) is 2. The summed E-state index contributed by atoms with van der Waals surface area (Å²) in [6.07, 6.45) is 0.259. The number of aryl methyl sites for hydroxylation is 1. The summed E-state index contributed by atoms with van der Waals surface area (Å²) in [5.74, 6) is -0.679. The topological polar surface area (TPSA) is 84.2 Å². The third kappa shape index (κ3) is 4.65. The number of hydrogen-bond acceptors (Lipinski definition) is 4. The van der Waals surface area contributed by atoms with Gasteiger partial charge in [0.2, 0.25) is 11.8 Å². The summed E-state index contributed by atoms with van der Waals surface area (Å²) in [5, 5.41) is 8.82. The first-order chi connectivity index (χ1) is 11.4. The predicted molar refractivity (Wildman–Crippen MR) is 86.7 cm³/mol. The Morgan fingerprint density at radius 1 is 1.25 bits per heavy atom. The first-order valence-corrected chi connectivity index (χ1v) is 7.64. The molecule has 0 saturated carbocycles. The average Bonchev–Trinajstić information content (AvgIpc) is 2.94. The van der Waals surface area contributed by atoms with Crippen LogP contribution in [0.15, 0.2) is 34.9 Å². The fourth-order valence-corrected chi connectivity index (χ4v) is 2.17. The van der Waals surface area contributed by atoms with Crippen LogP contribution < -0.4 is 10.6 Å². The summed E-state index contributed by atoms with van der Waals surface area (Å²) in [6.45, 7) is 4.96. The zero-order chi connectivity index (χ0) is 17.7. The van der Waals surface area contributed by atoms with Crippen molar-refractivity contribution in [2.24, 2.45) is 5.92 Å². The van der Waals surface area contributed by atoms with Crippen LogP contribution in [0.2, 0.25) is 0 Å². The number of aromatic nitrogens is 1. The van der Waals surface area contributed by atoms with Crippen molar-refractivity contribution < 1.29 is 18.5 Å². The van der Waals surface area contributed by atoms with Crippen LogP contribution in [0.3, 0.4) is 0 Å². The molecular formula is C17H20FN3O3. The van der Waals surface area contributed by atoms with Gasteiger partial charge in [-0.1, -0.05) is 30.3 Å². The van der Waals surface area contributed by atoms with Crippen molar-refractivity contribution in [1.29, 1.82) is 0 Å². The Balaban J connectivity index is 1.88. The Labute approximate surface area is 139 Å². The predicted octanol–water partition coefficient (Wildman–Crippen LogP) is 2.44. The summed E-state index contributed by atoms with van der Waals surface area (Å²) < 4.78 is 18.5. The van der Waals surface area contributed by atoms with Gasteiger partial charge in [-0.15, -0.1) is 0 Å². The molecule has 2 rings (SSSR count). The van der Waals surface area contributed by atoms with Crippen LogP contribution >= 0.6 is 0 Å². The van der Waals surface area contributed by atoms with Gasteiger partial charge < -0.3 is 15.2 Å². The Morgan fingerprint density at radius 3 is 2.58 bits per heavy atom. The van der Waals surface area contributed by atoms with E-state index in [1.54, 1.807) is 45.0 Å². The number of amides is 2. The second kappa shape index (κ2) is 7.72. The second-order valence-electron chi connectivity index (χ2n) is 5.74. The summed E-state index contributed by atoms with van der Waals surface area (Å²) in [6, 6.07) is 7.14. The Morgan fingerprint density at radius 2 is 1.96 bits per heavy atom. The highest BCUT2D eigenvalue weighted by Gasteiger charge is 2.21. The van der Waals surface area contributed by atoms with E-state index in [1.165, 1.54) is 6.07 Å². The van der Waals surface area contributed by atoms with Crippen molar-refractivity contribution in [3.05, 3.63) is 47.5 Å². The Kier molecular flexibility index (Phi) is 5.68. The lowest BCUT2D eigenvalue weighted by Crippen LogP contribution is -2.44. The highest BCUT2D eigenvalue weighted by molar-refractivity contribution is 5.96. The Hall–Kier alpha value is -2.70. The minimum Gasteiger partial charge on any atom is -0.360 e. The van der Waals surface area contributed by atoms with Crippen LogP contribution in [0.25, 0.3) is 0 Å². The molecule has 1 heterocycles. The van der Waals surface area contributed by atoms with Gasteiger partial charge >= 0.3 is 0 Å². The normalized spacial score (nSPS) is 13.2. The lowest BCUT2D eigenvalue weighted by molar-refractivity contribution is -0.128. The molecule has 0 aliphatic rings. The van der Waals surface area contributed by atoms with Crippen LogP contribution in [-0.2, 0) is 16.0 Å². The summed E-state index contributed by atoms with van der Waals surface area (Å²) in [4.78, 5) is 24.2. The van der Waals surface area contributed by atoms with Crippen LogP contribution in [0.5, 0.6) is 0 Å². The lowest BCUT2D eigenvalue weighted by Gasteiger charge is -2.17. The molecule has 0 saturated heterocycles. The molecule has 24 heavy (non-hydrogen) atoms. The molecule has 128 valence electrons. The minimum absolute atomic E-state index is 0.259. The largest absolute Gasteiger partial charge is 0.360 e. The van der Waals surface area contributed by atoms with E-state index in [4.69, 9.17) is 4.52 Å². The van der Waals surface area contributed by atoms with E-state index in [1.807, 2.05) is 0 Å². The van der Waals surface area contributed by atoms with Gasteiger partial charge in [-0.2, -0.15) is 0 Å². The Bertz CT molecular complexity index is 729. The van der Waals surface area contributed by atoms with E-state index in [9.17, 15) is 14.0 Å². The number of nitrogens with zero attached hydrogens (tertiary/aromatic N) is 1. The summed E-state index contributed by atoms with van der Waals surface area (Å²) in [5.41, 5.74) is 0.468. The van der Waals surface area contributed by atoms with Crippen molar-refractivity contribution in [1.82, 2.24) is 10.5 Å². The molecule has 1 unspecified atom stereocenters. The van der Waals surface area contributed by atoms with E-state index in [0.29, 0.717) is 11.3 Å². The standard InChI is InChI=1S/C17H20FN3O3/c1-10(8-13-6-4-5-7-14(13)18)16(22)19-12(3)17(23)20-15-9-11(2)24-21-15/h4-7,9-10,12H,8H2,1-3H3,(H,19,22)(H,20,21,23)/t10?,12-/m1/s1. The molecule has 0 spiro atoms. The molecule has 6 nitrogen and oxygen atoms in total. The average molecular weight is 333 g/mol. The van der Waals surface area contributed by atoms with Gasteiger partial charge in [0, 0.05) is 12.0 Å². The molecule has 0 aliphatic heterocycles. The van der Waals surface area contributed by atoms with Crippen molar-refractivity contribution in [2.75, 3.05) is 5.32 Å². The van der Waals surface area contributed by atoms with E-state index in [0.717, 1.165) is 0 Å². The smallest absolute Gasteiger partial charge is 0.247 e. The van der Waals surface area contributed by atoms with Crippen molar-refractivity contribution >= 4 is 17.6 Å². The monoisotopic (exact) mass is 333 g/mol. The number of benzene rings is 1. The van der Waals surface area contributed by atoms with E-state index < -0.39 is 17.9 Å². The SMILES string of the molecule is Cc1cc(NC(=O)[C@@H](C)NC(=O)C(C)Cc2ccccc2F)no1. The van der Waals surface area contributed by atoms with Gasteiger partial charge in [0.1, 0.15) is 17.6 Å². The summed E-state index contributed by atoms with van der Waals surface area (Å²) in [7, 11) is 0. The van der Waals surface area contributed by atoms with Gasteiger partial charge in [-0.05, 0) is 31.9 Å². The molecule has 1 aromatic heterocycles. The zero-order valence-electron chi connectivity index (χ0n) is 13.8. The van der Waals surface area contributed by atoms with Crippen molar-refractivity contribution in [3.63, 3.8) is 0 Å². The van der Waals surface area contributed by atoms with Crippen LogP contribution in [0.4, 0.5) is 10.2 Å². The quantitative estimate of drug-likeness (QED) is 0.850. The maximum atomic E-state index is 13.6. The molecule has 7 heteroatoms. The third-order valence-electron chi connectivity index (χ3n) is 3.56. The molecule has 2 aromatic rings. The van der Waals surface area contributed by atoms with Gasteiger partial charge in [0.05, 0.1) is 0 Å². The fourth-order valence-electron chi connectivity index (χ4n) is 2.17. The lowest BCUT2D eigenvalue weighted by atomic mass is 9.99. The minimum atomic E-state index is -0.752. The zero-order valence-corrected chi connectivity index (χ0v) is 13.8. The van der Waals surface area contributed by atoms with Crippen LogP contribution in [0, 0.1) is 18.7 Å². The van der Waals surface area contributed by atoms with Gasteiger partial charge in [-0.3, -0.25) is 9.59 Å². The molecule has 1 aromatic carbocycles. The molecule has 0 fully saturated rings. The second-order valence-corrected chi connectivity index (χ2v) is 5.74. The first-order valence-electron chi connectivity index (χ1n) is 7.64. The number of anilines is 1. The number of halogens is 1. The maximum absolute atomic E-state index is 13.6. The van der Waals surface area contributed by atoms with Gasteiger partial charge in [-0.25, -0.2) is 4.39 Å². The number of nitrogens with one attached hydrogen (secondary N) is 2. The number of rotatable bonds is 6. The van der Waals surface area contributed by atoms with Gasteiger partial charge in [0.15, 0.2) is 5.82 Å². The first kappa shape index (κ1) is 17.7. The molecule has 0 aliphatic carbocycles. The third-order valence-corrected chi connectivity index (χ3v) is 3.56. The molecule has 2 N–H and O–H groups in total.